The third kappa shape index (κ3) is 1.79. The van der Waals surface area contributed by atoms with Gasteiger partial charge in [-0.25, -0.2) is 4.79 Å². The average molecular weight is 259 g/mol. The molecule has 1 aliphatic heterocycles. The Morgan fingerprint density at radius 1 is 1.37 bits per heavy atom. The van der Waals surface area contributed by atoms with Crippen molar-refractivity contribution in [1.29, 1.82) is 0 Å². The number of amides is 3. The molecule has 98 valence electrons. The Morgan fingerprint density at radius 3 is 2.89 bits per heavy atom. The Balaban J connectivity index is 2.07. The minimum absolute atomic E-state index is 0.254. The van der Waals surface area contributed by atoms with E-state index in [1.807, 2.05) is 13.1 Å². The lowest BCUT2D eigenvalue weighted by atomic mass is 10.1. The molecule has 2 heterocycles. The van der Waals surface area contributed by atoms with E-state index in [9.17, 15) is 9.59 Å². The van der Waals surface area contributed by atoms with E-state index < -0.39 is 6.03 Å². The lowest BCUT2D eigenvalue weighted by Crippen LogP contribution is -2.49. The van der Waals surface area contributed by atoms with Gasteiger partial charge >= 0.3 is 6.03 Å². The zero-order valence-corrected chi connectivity index (χ0v) is 10.4. The molecule has 0 bridgehead atoms. The van der Waals surface area contributed by atoms with Crippen LogP contribution in [0.4, 0.5) is 16.2 Å². The summed E-state index contributed by atoms with van der Waals surface area (Å²) in [5, 5.41) is 7.27. The number of hydrogen-bond donors (Lipinski definition) is 2. The molecule has 2 aromatic rings. The normalized spacial score (nSPS) is 15.9. The van der Waals surface area contributed by atoms with E-state index in [0.29, 0.717) is 17.9 Å². The number of carbonyl (C=O) groups excluding carboxylic acids is 2. The second-order valence-electron chi connectivity index (χ2n) is 4.49. The molecule has 0 atom stereocenters. The Morgan fingerprint density at radius 2 is 2.16 bits per heavy atom. The van der Waals surface area contributed by atoms with Crippen LogP contribution < -0.4 is 16.0 Å². The number of nitrogens with one attached hydrogen (secondary N) is 1. The number of rotatable bonds is 1. The van der Waals surface area contributed by atoms with E-state index in [4.69, 9.17) is 5.73 Å². The van der Waals surface area contributed by atoms with Gasteiger partial charge in [-0.15, -0.1) is 0 Å². The van der Waals surface area contributed by atoms with Gasteiger partial charge in [0.25, 0.3) is 0 Å². The lowest BCUT2D eigenvalue weighted by molar-refractivity contribution is -0.120. The Bertz CT molecular complexity index is 691. The van der Waals surface area contributed by atoms with Crippen molar-refractivity contribution in [3.05, 3.63) is 18.3 Å². The second kappa shape index (κ2) is 3.98. The number of nitrogens with two attached hydrogens (primary N) is 1. The number of aromatic nitrogens is 2. The summed E-state index contributed by atoms with van der Waals surface area (Å²) < 4.78 is 1.70. The number of nitrogens with zero attached hydrogens (tertiary/aromatic N) is 3. The van der Waals surface area contributed by atoms with Gasteiger partial charge in [-0.1, -0.05) is 0 Å². The van der Waals surface area contributed by atoms with Crippen LogP contribution in [0.1, 0.15) is 6.42 Å². The SMILES string of the molecule is Cn1ncc2c(N)cc(N3CCC(=O)NC3=O)cc21. The predicted octanol–water partition coefficient (Wildman–Crippen LogP) is 0.602. The number of benzene rings is 1. The first-order valence-electron chi connectivity index (χ1n) is 5.89. The second-order valence-corrected chi connectivity index (χ2v) is 4.49. The maximum atomic E-state index is 11.8. The number of carbonyl (C=O) groups is 2. The quantitative estimate of drug-likeness (QED) is 0.733. The molecule has 1 aromatic heterocycles. The highest BCUT2D eigenvalue weighted by Gasteiger charge is 2.25. The number of fused-ring (bicyclic) bond motifs is 1. The molecule has 1 aromatic carbocycles. The first kappa shape index (κ1) is 11.5. The molecule has 3 rings (SSSR count). The maximum Gasteiger partial charge on any atom is 0.328 e. The van der Waals surface area contributed by atoms with Gasteiger partial charge in [-0.2, -0.15) is 5.10 Å². The molecule has 3 amide bonds. The number of imide groups is 1. The number of anilines is 2. The van der Waals surface area contributed by atoms with Crippen molar-refractivity contribution < 1.29 is 9.59 Å². The van der Waals surface area contributed by atoms with E-state index in [1.165, 1.54) is 4.90 Å². The summed E-state index contributed by atoms with van der Waals surface area (Å²) in [5.41, 5.74) is 8.04. The predicted molar refractivity (Wildman–Crippen MR) is 70.6 cm³/mol. The smallest absolute Gasteiger partial charge is 0.328 e. The molecular formula is C12H13N5O2. The summed E-state index contributed by atoms with van der Waals surface area (Å²) in [5.74, 6) is -0.254. The van der Waals surface area contributed by atoms with Crippen LogP contribution >= 0.6 is 0 Å². The van der Waals surface area contributed by atoms with Crippen LogP contribution in [-0.2, 0) is 11.8 Å². The minimum atomic E-state index is -0.419. The van der Waals surface area contributed by atoms with Crippen molar-refractivity contribution >= 4 is 34.2 Å². The van der Waals surface area contributed by atoms with E-state index in [1.54, 1.807) is 16.9 Å². The molecule has 1 aliphatic rings. The Labute approximate surface area is 109 Å². The molecule has 19 heavy (non-hydrogen) atoms. The van der Waals surface area contributed by atoms with Gasteiger partial charge < -0.3 is 5.73 Å². The molecule has 1 fully saturated rings. The number of hydrogen-bond acceptors (Lipinski definition) is 4. The lowest BCUT2D eigenvalue weighted by Gasteiger charge is -2.26. The highest BCUT2D eigenvalue weighted by atomic mass is 16.2. The summed E-state index contributed by atoms with van der Waals surface area (Å²) in [6.45, 7) is 0.355. The van der Waals surface area contributed by atoms with Crippen molar-refractivity contribution in [1.82, 2.24) is 15.1 Å². The van der Waals surface area contributed by atoms with Crippen LogP contribution in [-0.4, -0.2) is 28.3 Å². The number of urea groups is 1. The van der Waals surface area contributed by atoms with Crippen molar-refractivity contribution in [2.75, 3.05) is 17.2 Å². The van der Waals surface area contributed by atoms with Crippen molar-refractivity contribution in [3.8, 4) is 0 Å². The van der Waals surface area contributed by atoms with Gasteiger partial charge in [0.05, 0.1) is 11.7 Å². The fourth-order valence-corrected chi connectivity index (χ4v) is 2.23. The van der Waals surface area contributed by atoms with Crippen molar-refractivity contribution in [2.45, 2.75) is 6.42 Å². The Kier molecular flexibility index (Phi) is 2.41. The summed E-state index contributed by atoms with van der Waals surface area (Å²) in [4.78, 5) is 24.5. The van der Waals surface area contributed by atoms with Crippen LogP contribution in [0, 0.1) is 0 Å². The van der Waals surface area contributed by atoms with Gasteiger partial charge in [-0.3, -0.25) is 19.7 Å². The van der Waals surface area contributed by atoms with Crippen molar-refractivity contribution in [2.24, 2.45) is 7.05 Å². The van der Waals surface area contributed by atoms with Crippen LogP contribution in [0.3, 0.4) is 0 Å². The molecule has 0 radical (unpaired) electrons. The van der Waals surface area contributed by atoms with Gasteiger partial charge in [0, 0.05) is 36.8 Å². The van der Waals surface area contributed by atoms with Gasteiger partial charge in [-0.05, 0) is 12.1 Å². The van der Waals surface area contributed by atoms with Crippen LogP contribution in [0.15, 0.2) is 18.3 Å². The molecule has 3 N–H and O–H groups in total. The molecule has 1 saturated heterocycles. The molecular weight excluding hydrogens is 246 g/mol. The molecule has 7 nitrogen and oxygen atoms in total. The molecule has 0 aliphatic carbocycles. The minimum Gasteiger partial charge on any atom is -0.398 e. The third-order valence-corrected chi connectivity index (χ3v) is 3.25. The third-order valence-electron chi connectivity index (χ3n) is 3.25. The van der Waals surface area contributed by atoms with Gasteiger partial charge in [0.15, 0.2) is 0 Å². The highest BCUT2D eigenvalue weighted by Crippen LogP contribution is 2.28. The number of nitrogen functional groups attached to an aromatic ring is 1. The fraction of sp³-hybridized carbons (Fsp3) is 0.250. The first-order valence-corrected chi connectivity index (χ1v) is 5.89. The zero-order chi connectivity index (χ0) is 13.6. The topological polar surface area (TPSA) is 93.2 Å². The van der Waals surface area contributed by atoms with Crippen molar-refractivity contribution in [3.63, 3.8) is 0 Å². The summed E-state index contributed by atoms with van der Waals surface area (Å²) in [6, 6.07) is 3.14. The largest absolute Gasteiger partial charge is 0.398 e. The monoisotopic (exact) mass is 259 g/mol. The van der Waals surface area contributed by atoms with Crippen LogP contribution in [0.5, 0.6) is 0 Å². The van der Waals surface area contributed by atoms with Crippen LogP contribution in [0.25, 0.3) is 10.9 Å². The average Bonchev–Trinajstić information content (AvgIpc) is 2.72. The summed E-state index contributed by atoms with van der Waals surface area (Å²) >= 11 is 0. The molecule has 7 heteroatoms. The summed E-state index contributed by atoms with van der Waals surface area (Å²) in [6.07, 6.45) is 1.98. The van der Waals surface area contributed by atoms with E-state index in [2.05, 4.69) is 10.4 Å². The molecule has 0 unspecified atom stereocenters. The maximum absolute atomic E-state index is 11.8. The molecule has 0 spiro atoms. The standard InChI is InChI=1S/C12H13N5O2/c1-16-10-5-7(4-9(13)8(10)6-14-16)17-3-2-11(18)15-12(17)19/h4-6H,2-3,13H2,1H3,(H,15,18,19). The van der Waals surface area contributed by atoms with Gasteiger partial charge in [0.1, 0.15) is 0 Å². The Hall–Kier alpha value is -2.57. The van der Waals surface area contributed by atoms with Gasteiger partial charge in [0.2, 0.25) is 5.91 Å². The zero-order valence-electron chi connectivity index (χ0n) is 10.4. The highest BCUT2D eigenvalue weighted by molar-refractivity contribution is 6.07. The van der Waals surface area contributed by atoms with E-state index in [0.717, 1.165) is 10.9 Å². The molecule has 0 saturated carbocycles. The fourth-order valence-electron chi connectivity index (χ4n) is 2.23. The number of aryl methyl sites for hydroxylation is 1. The van der Waals surface area contributed by atoms with E-state index >= 15 is 0 Å². The first-order chi connectivity index (χ1) is 9.06. The summed E-state index contributed by atoms with van der Waals surface area (Å²) in [7, 11) is 1.81. The van der Waals surface area contributed by atoms with Crippen LogP contribution in [0.2, 0.25) is 0 Å². The van der Waals surface area contributed by atoms with E-state index in [-0.39, 0.29) is 12.3 Å².